The molecule has 0 aromatic heterocycles. The number of para-hydroxylation sites is 1. The molecule has 0 spiro atoms. The SMILES string of the molecule is COc1cc(C(=O)N(C)CCOc2ccccc2)ccc1OC(C)C. The third-order valence-electron chi connectivity index (χ3n) is 3.56. The number of nitrogens with zero attached hydrogens (tertiary/aromatic N) is 1. The Morgan fingerprint density at radius 2 is 1.80 bits per heavy atom. The first-order valence-corrected chi connectivity index (χ1v) is 8.29. The van der Waals surface area contributed by atoms with Crippen molar-refractivity contribution in [1.29, 1.82) is 0 Å². The van der Waals surface area contributed by atoms with E-state index in [0.717, 1.165) is 5.75 Å². The zero-order chi connectivity index (χ0) is 18.2. The van der Waals surface area contributed by atoms with Crippen molar-refractivity contribution in [3.05, 3.63) is 54.1 Å². The molecule has 2 rings (SSSR count). The zero-order valence-corrected chi connectivity index (χ0v) is 15.2. The molecule has 0 aliphatic heterocycles. The van der Waals surface area contributed by atoms with E-state index in [2.05, 4.69) is 0 Å². The molecule has 0 aliphatic carbocycles. The van der Waals surface area contributed by atoms with Crippen molar-refractivity contribution in [2.45, 2.75) is 20.0 Å². The lowest BCUT2D eigenvalue weighted by molar-refractivity contribution is 0.0773. The van der Waals surface area contributed by atoms with Gasteiger partial charge >= 0.3 is 0 Å². The van der Waals surface area contributed by atoms with E-state index in [9.17, 15) is 4.79 Å². The largest absolute Gasteiger partial charge is 0.493 e. The summed E-state index contributed by atoms with van der Waals surface area (Å²) in [6.45, 7) is 4.80. The van der Waals surface area contributed by atoms with Crippen molar-refractivity contribution in [2.75, 3.05) is 27.3 Å². The fourth-order valence-corrected chi connectivity index (χ4v) is 2.29. The van der Waals surface area contributed by atoms with Crippen LogP contribution in [0.4, 0.5) is 0 Å². The molecule has 0 fully saturated rings. The monoisotopic (exact) mass is 343 g/mol. The maximum atomic E-state index is 12.6. The van der Waals surface area contributed by atoms with E-state index in [4.69, 9.17) is 14.2 Å². The Balaban J connectivity index is 1.96. The number of benzene rings is 2. The van der Waals surface area contributed by atoms with Crippen LogP contribution in [-0.4, -0.2) is 44.2 Å². The Bertz CT molecular complexity index is 685. The van der Waals surface area contributed by atoms with E-state index >= 15 is 0 Å². The second-order valence-corrected chi connectivity index (χ2v) is 5.92. The van der Waals surface area contributed by atoms with Gasteiger partial charge in [0.05, 0.1) is 19.8 Å². The van der Waals surface area contributed by atoms with Crippen molar-refractivity contribution in [3.63, 3.8) is 0 Å². The van der Waals surface area contributed by atoms with E-state index in [-0.39, 0.29) is 12.0 Å². The lowest BCUT2D eigenvalue weighted by atomic mass is 10.1. The molecular weight excluding hydrogens is 318 g/mol. The van der Waals surface area contributed by atoms with E-state index < -0.39 is 0 Å². The average Bonchev–Trinajstić information content (AvgIpc) is 2.61. The number of hydrogen-bond acceptors (Lipinski definition) is 4. The van der Waals surface area contributed by atoms with Gasteiger partial charge in [-0.1, -0.05) is 18.2 Å². The maximum absolute atomic E-state index is 12.6. The highest BCUT2D eigenvalue weighted by molar-refractivity contribution is 5.94. The minimum absolute atomic E-state index is 0.0354. The molecule has 5 nitrogen and oxygen atoms in total. The highest BCUT2D eigenvalue weighted by Gasteiger charge is 2.15. The van der Waals surface area contributed by atoms with Crippen LogP contribution in [0.25, 0.3) is 0 Å². The molecule has 2 aromatic rings. The second kappa shape index (κ2) is 8.97. The Morgan fingerprint density at radius 1 is 1.08 bits per heavy atom. The van der Waals surface area contributed by atoms with Crippen LogP contribution in [0, 0.1) is 0 Å². The summed E-state index contributed by atoms with van der Waals surface area (Å²) in [4.78, 5) is 14.2. The molecule has 0 heterocycles. The summed E-state index contributed by atoms with van der Waals surface area (Å²) in [5.41, 5.74) is 0.551. The molecule has 5 heteroatoms. The third-order valence-corrected chi connectivity index (χ3v) is 3.56. The summed E-state index contributed by atoms with van der Waals surface area (Å²) in [5.74, 6) is 1.88. The summed E-state index contributed by atoms with van der Waals surface area (Å²) in [6, 6.07) is 14.8. The van der Waals surface area contributed by atoms with Gasteiger partial charge in [0.25, 0.3) is 5.91 Å². The number of methoxy groups -OCH3 is 1. The van der Waals surface area contributed by atoms with Crippen LogP contribution in [0.3, 0.4) is 0 Å². The van der Waals surface area contributed by atoms with Crippen LogP contribution in [0.5, 0.6) is 17.2 Å². The fourth-order valence-electron chi connectivity index (χ4n) is 2.29. The Morgan fingerprint density at radius 3 is 2.44 bits per heavy atom. The van der Waals surface area contributed by atoms with Gasteiger partial charge in [0.2, 0.25) is 0 Å². The quantitative estimate of drug-likeness (QED) is 0.734. The van der Waals surface area contributed by atoms with Gasteiger partial charge in [-0.05, 0) is 44.2 Å². The first-order valence-electron chi connectivity index (χ1n) is 8.29. The van der Waals surface area contributed by atoms with Gasteiger partial charge in [0.15, 0.2) is 11.5 Å². The smallest absolute Gasteiger partial charge is 0.253 e. The van der Waals surface area contributed by atoms with Crippen LogP contribution in [0.1, 0.15) is 24.2 Å². The molecule has 134 valence electrons. The molecule has 0 unspecified atom stereocenters. The number of amides is 1. The highest BCUT2D eigenvalue weighted by atomic mass is 16.5. The lowest BCUT2D eigenvalue weighted by Gasteiger charge is -2.19. The first kappa shape index (κ1) is 18.6. The average molecular weight is 343 g/mol. The number of carbonyl (C=O) groups is 1. The molecule has 0 bridgehead atoms. The molecule has 2 aromatic carbocycles. The van der Waals surface area contributed by atoms with Crippen molar-refractivity contribution in [3.8, 4) is 17.2 Å². The van der Waals surface area contributed by atoms with Gasteiger partial charge in [-0.15, -0.1) is 0 Å². The van der Waals surface area contributed by atoms with E-state index in [0.29, 0.717) is 30.2 Å². The van der Waals surface area contributed by atoms with Crippen LogP contribution in [0.2, 0.25) is 0 Å². The van der Waals surface area contributed by atoms with Crippen LogP contribution >= 0.6 is 0 Å². The second-order valence-electron chi connectivity index (χ2n) is 5.92. The summed E-state index contributed by atoms with van der Waals surface area (Å²) in [6.07, 6.45) is 0.0354. The summed E-state index contributed by atoms with van der Waals surface area (Å²) in [7, 11) is 3.32. The topological polar surface area (TPSA) is 48.0 Å². The third kappa shape index (κ3) is 5.41. The van der Waals surface area contributed by atoms with Crippen molar-refractivity contribution in [2.24, 2.45) is 0 Å². The van der Waals surface area contributed by atoms with Gasteiger partial charge in [0, 0.05) is 12.6 Å². The molecule has 25 heavy (non-hydrogen) atoms. The Hall–Kier alpha value is -2.69. The maximum Gasteiger partial charge on any atom is 0.253 e. The van der Waals surface area contributed by atoms with Crippen LogP contribution in [0.15, 0.2) is 48.5 Å². The number of carbonyl (C=O) groups excluding carboxylic acids is 1. The predicted molar refractivity (Wildman–Crippen MR) is 97.7 cm³/mol. The summed E-state index contributed by atoms with van der Waals surface area (Å²) >= 11 is 0. The number of ether oxygens (including phenoxy) is 3. The van der Waals surface area contributed by atoms with Crippen molar-refractivity contribution >= 4 is 5.91 Å². The Labute approximate surface area is 149 Å². The molecule has 0 N–H and O–H groups in total. The predicted octanol–water partition coefficient (Wildman–Crippen LogP) is 3.63. The summed E-state index contributed by atoms with van der Waals surface area (Å²) < 4.78 is 16.6. The molecule has 0 radical (unpaired) electrons. The van der Waals surface area contributed by atoms with Crippen LogP contribution in [-0.2, 0) is 0 Å². The van der Waals surface area contributed by atoms with Crippen molar-refractivity contribution in [1.82, 2.24) is 4.90 Å². The van der Waals surface area contributed by atoms with E-state index in [1.165, 1.54) is 0 Å². The van der Waals surface area contributed by atoms with Gasteiger partial charge in [-0.2, -0.15) is 0 Å². The van der Waals surface area contributed by atoms with Gasteiger partial charge in [-0.3, -0.25) is 4.79 Å². The van der Waals surface area contributed by atoms with Crippen molar-refractivity contribution < 1.29 is 19.0 Å². The number of hydrogen-bond donors (Lipinski definition) is 0. The summed E-state index contributed by atoms with van der Waals surface area (Å²) in [5, 5.41) is 0. The van der Waals surface area contributed by atoms with Gasteiger partial charge in [0.1, 0.15) is 12.4 Å². The molecular formula is C20H25NO4. The van der Waals surface area contributed by atoms with E-state index in [1.807, 2.05) is 44.2 Å². The number of rotatable bonds is 8. The minimum Gasteiger partial charge on any atom is -0.493 e. The zero-order valence-electron chi connectivity index (χ0n) is 15.2. The van der Waals surface area contributed by atoms with Crippen LogP contribution < -0.4 is 14.2 Å². The standard InChI is InChI=1S/C20H25NO4/c1-15(2)25-18-11-10-16(14-19(18)23-4)20(22)21(3)12-13-24-17-8-6-5-7-9-17/h5-11,14-15H,12-13H2,1-4H3. The molecule has 0 aliphatic rings. The Kier molecular flexibility index (Phi) is 6.69. The molecule has 0 saturated carbocycles. The normalized spacial score (nSPS) is 10.4. The van der Waals surface area contributed by atoms with Gasteiger partial charge in [-0.25, -0.2) is 0 Å². The fraction of sp³-hybridized carbons (Fsp3) is 0.350. The molecule has 0 saturated heterocycles. The lowest BCUT2D eigenvalue weighted by Crippen LogP contribution is -2.30. The highest BCUT2D eigenvalue weighted by Crippen LogP contribution is 2.29. The number of likely N-dealkylation sites (N-methyl/N-ethyl adjacent to an activating group) is 1. The molecule has 1 amide bonds. The minimum atomic E-state index is -0.0916. The first-order chi connectivity index (χ1) is 12.0. The molecule has 0 atom stereocenters. The van der Waals surface area contributed by atoms with Gasteiger partial charge < -0.3 is 19.1 Å². The van der Waals surface area contributed by atoms with E-state index in [1.54, 1.807) is 37.3 Å².